The number of carbonyl (C=O) groups excluding carboxylic acids is 1. The SMILES string of the molecule is NS(=O)(=O)c1ccc(-c2ccc(/C=C(/C(=O)NCc3cccnc3)S(=O)(=O)c3ccccc3)o2)cc1. The number of nitrogens with zero attached hydrogens (tertiary/aromatic N) is 1. The Labute approximate surface area is 208 Å². The lowest BCUT2D eigenvalue weighted by atomic mass is 10.2. The molecule has 36 heavy (non-hydrogen) atoms. The van der Waals surface area contributed by atoms with Gasteiger partial charge >= 0.3 is 0 Å². The molecule has 184 valence electrons. The van der Waals surface area contributed by atoms with Crippen LogP contribution in [0.2, 0.25) is 0 Å². The molecule has 0 aliphatic carbocycles. The number of carbonyl (C=O) groups is 1. The number of nitrogens with one attached hydrogen (secondary N) is 1. The third-order valence-corrected chi connectivity index (χ3v) is 7.81. The zero-order valence-electron chi connectivity index (χ0n) is 18.7. The number of benzene rings is 2. The van der Waals surface area contributed by atoms with Crippen LogP contribution >= 0.6 is 0 Å². The normalized spacial score (nSPS) is 12.3. The van der Waals surface area contributed by atoms with Crippen LogP contribution < -0.4 is 10.5 Å². The molecule has 11 heteroatoms. The molecule has 9 nitrogen and oxygen atoms in total. The second kappa shape index (κ2) is 10.3. The number of hydrogen-bond acceptors (Lipinski definition) is 7. The summed E-state index contributed by atoms with van der Waals surface area (Å²) in [5.74, 6) is -0.348. The van der Waals surface area contributed by atoms with E-state index in [4.69, 9.17) is 9.56 Å². The maximum absolute atomic E-state index is 13.3. The zero-order chi connectivity index (χ0) is 25.8. The number of amides is 1. The van der Waals surface area contributed by atoms with Crippen LogP contribution in [-0.4, -0.2) is 27.7 Å². The van der Waals surface area contributed by atoms with Gasteiger partial charge in [-0.2, -0.15) is 0 Å². The van der Waals surface area contributed by atoms with Crippen LogP contribution in [-0.2, 0) is 31.2 Å². The van der Waals surface area contributed by atoms with E-state index in [0.717, 1.165) is 6.08 Å². The van der Waals surface area contributed by atoms with Gasteiger partial charge in [-0.3, -0.25) is 9.78 Å². The third-order valence-electron chi connectivity index (χ3n) is 5.11. The lowest BCUT2D eigenvalue weighted by molar-refractivity contribution is -0.116. The van der Waals surface area contributed by atoms with Crippen molar-refractivity contribution >= 4 is 31.8 Å². The average molecular weight is 524 g/mol. The summed E-state index contributed by atoms with van der Waals surface area (Å²) in [4.78, 5) is 16.4. The van der Waals surface area contributed by atoms with Crippen molar-refractivity contribution in [3.05, 3.63) is 107 Å². The van der Waals surface area contributed by atoms with E-state index >= 15 is 0 Å². The Morgan fingerprint density at radius 1 is 0.889 bits per heavy atom. The molecule has 2 aromatic carbocycles. The number of nitrogens with two attached hydrogens (primary N) is 1. The summed E-state index contributed by atoms with van der Waals surface area (Å²) in [6.45, 7) is 0.0775. The molecule has 0 spiro atoms. The van der Waals surface area contributed by atoms with Gasteiger partial charge in [0.05, 0.1) is 9.79 Å². The summed E-state index contributed by atoms with van der Waals surface area (Å²) in [5, 5.41) is 7.74. The first-order chi connectivity index (χ1) is 17.1. The monoisotopic (exact) mass is 523 g/mol. The number of aromatic nitrogens is 1. The van der Waals surface area contributed by atoms with Crippen LogP contribution in [0.4, 0.5) is 0 Å². The molecule has 0 fully saturated rings. The molecule has 0 unspecified atom stereocenters. The number of pyridine rings is 1. The quantitative estimate of drug-likeness (QED) is 0.337. The summed E-state index contributed by atoms with van der Waals surface area (Å²) in [6.07, 6.45) is 4.31. The Balaban J connectivity index is 1.68. The fourth-order valence-corrected chi connectivity index (χ4v) is 5.16. The van der Waals surface area contributed by atoms with Crippen molar-refractivity contribution in [2.24, 2.45) is 5.14 Å². The van der Waals surface area contributed by atoms with Gasteiger partial charge in [-0.05, 0) is 60.2 Å². The van der Waals surface area contributed by atoms with E-state index in [2.05, 4.69) is 10.3 Å². The van der Waals surface area contributed by atoms with E-state index in [9.17, 15) is 21.6 Å². The van der Waals surface area contributed by atoms with Crippen molar-refractivity contribution in [1.82, 2.24) is 10.3 Å². The minimum atomic E-state index is -4.19. The summed E-state index contributed by atoms with van der Waals surface area (Å²) in [5.41, 5.74) is 1.24. The molecule has 0 bridgehead atoms. The zero-order valence-corrected chi connectivity index (χ0v) is 20.4. The summed E-state index contributed by atoms with van der Waals surface area (Å²) < 4.78 is 55.4. The van der Waals surface area contributed by atoms with Gasteiger partial charge in [-0.1, -0.05) is 24.3 Å². The van der Waals surface area contributed by atoms with E-state index in [0.29, 0.717) is 16.9 Å². The standard InChI is InChI=1S/C25H21N3O6S2/c26-36(32,33)22-11-8-19(9-12-22)23-13-10-20(34-23)15-24(35(30,31)21-6-2-1-3-7-21)25(29)28-17-18-5-4-14-27-16-18/h1-16H,17H2,(H,28,29)(H2,26,32,33)/b24-15-. The topological polar surface area (TPSA) is 149 Å². The van der Waals surface area contributed by atoms with Crippen molar-refractivity contribution in [3.63, 3.8) is 0 Å². The predicted molar refractivity (Wildman–Crippen MR) is 133 cm³/mol. The molecule has 2 heterocycles. The Morgan fingerprint density at radius 3 is 2.25 bits per heavy atom. The molecule has 1 amide bonds. The molecule has 0 saturated carbocycles. The maximum atomic E-state index is 13.3. The Bertz CT molecular complexity index is 1610. The molecule has 0 saturated heterocycles. The molecule has 0 aliphatic heterocycles. The molecule has 3 N–H and O–H groups in total. The first kappa shape index (κ1) is 25.0. The van der Waals surface area contributed by atoms with Crippen molar-refractivity contribution in [2.45, 2.75) is 16.3 Å². The van der Waals surface area contributed by atoms with Crippen LogP contribution in [0.5, 0.6) is 0 Å². The Kier molecular flexibility index (Phi) is 7.15. The lowest BCUT2D eigenvalue weighted by Crippen LogP contribution is -2.28. The van der Waals surface area contributed by atoms with Gasteiger partial charge in [0.2, 0.25) is 19.9 Å². The van der Waals surface area contributed by atoms with Crippen LogP contribution in [0.3, 0.4) is 0 Å². The highest BCUT2D eigenvalue weighted by atomic mass is 32.2. The average Bonchev–Trinajstić information content (AvgIpc) is 3.35. The molecule has 0 aliphatic rings. The van der Waals surface area contributed by atoms with Gasteiger partial charge in [0.15, 0.2) is 0 Å². The second-order valence-corrected chi connectivity index (χ2v) is 11.1. The minimum absolute atomic E-state index is 0.0434. The van der Waals surface area contributed by atoms with E-state index < -0.39 is 30.7 Å². The van der Waals surface area contributed by atoms with E-state index in [1.54, 1.807) is 48.8 Å². The van der Waals surface area contributed by atoms with Crippen LogP contribution in [0.1, 0.15) is 11.3 Å². The maximum Gasteiger partial charge on any atom is 0.263 e. The van der Waals surface area contributed by atoms with Gasteiger partial charge in [-0.25, -0.2) is 22.0 Å². The van der Waals surface area contributed by atoms with Crippen molar-refractivity contribution in [2.75, 3.05) is 0 Å². The Hall–Kier alpha value is -4.06. The number of primary sulfonamides is 1. The third kappa shape index (κ3) is 5.77. The highest BCUT2D eigenvalue weighted by molar-refractivity contribution is 7.96. The van der Waals surface area contributed by atoms with Gasteiger partial charge in [0.25, 0.3) is 5.91 Å². The highest BCUT2D eigenvalue weighted by Gasteiger charge is 2.27. The van der Waals surface area contributed by atoms with Crippen LogP contribution in [0.15, 0.2) is 110 Å². The second-order valence-electron chi connectivity index (χ2n) is 7.64. The number of rotatable bonds is 8. The number of furan rings is 1. The summed E-state index contributed by atoms with van der Waals surface area (Å²) in [6, 6.07) is 19.8. The fourth-order valence-electron chi connectivity index (χ4n) is 3.29. The summed E-state index contributed by atoms with van der Waals surface area (Å²) in [7, 11) is -8.03. The number of sulfone groups is 1. The van der Waals surface area contributed by atoms with E-state index in [1.165, 1.54) is 42.5 Å². The molecule has 2 aromatic heterocycles. The van der Waals surface area contributed by atoms with Gasteiger partial charge < -0.3 is 9.73 Å². The smallest absolute Gasteiger partial charge is 0.263 e. The van der Waals surface area contributed by atoms with Crippen molar-refractivity contribution in [3.8, 4) is 11.3 Å². The van der Waals surface area contributed by atoms with Gasteiger partial charge in [-0.15, -0.1) is 0 Å². The minimum Gasteiger partial charge on any atom is -0.457 e. The summed E-state index contributed by atoms with van der Waals surface area (Å²) >= 11 is 0. The van der Waals surface area contributed by atoms with Crippen molar-refractivity contribution in [1.29, 1.82) is 0 Å². The molecule has 4 rings (SSSR count). The van der Waals surface area contributed by atoms with E-state index in [-0.39, 0.29) is 22.1 Å². The highest BCUT2D eigenvalue weighted by Crippen LogP contribution is 2.27. The first-order valence-corrected chi connectivity index (χ1v) is 13.6. The number of hydrogen-bond donors (Lipinski definition) is 2. The fraction of sp³-hybridized carbons (Fsp3) is 0.0400. The van der Waals surface area contributed by atoms with Gasteiger partial charge in [0, 0.05) is 30.6 Å². The van der Waals surface area contributed by atoms with Crippen molar-refractivity contribution < 1.29 is 26.0 Å². The van der Waals surface area contributed by atoms with Crippen LogP contribution in [0, 0.1) is 0 Å². The molecule has 0 radical (unpaired) electrons. The molecule has 4 aromatic rings. The lowest BCUT2D eigenvalue weighted by Gasteiger charge is -2.10. The molecular weight excluding hydrogens is 502 g/mol. The predicted octanol–water partition coefficient (Wildman–Crippen LogP) is 3.12. The molecular formula is C25H21N3O6S2. The van der Waals surface area contributed by atoms with Gasteiger partial charge in [0.1, 0.15) is 16.4 Å². The number of sulfonamides is 1. The largest absolute Gasteiger partial charge is 0.457 e. The Morgan fingerprint density at radius 2 is 1.61 bits per heavy atom. The molecule has 0 atom stereocenters. The first-order valence-electron chi connectivity index (χ1n) is 10.6. The van der Waals surface area contributed by atoms with E-state index in [1.807, 2.05) is 0 Å². The van der Waals surface area contributed by atoms with Crippen LogP contribution in [0.25, 0.3) is 17.4 Å².